The average molecular weight is 685 g/mol. The molecule has 0 spiro atoms. The molecule has 47 heavy (non-hydrogen) atoms. The van der Waals surface area contributed by atoms with E-state index in [4.69, 9.17) is 11.6 Å². The summed E-state index contributed by atoms with van der Waals surface area (Å²) in [6, 6.07) is 1.97. The van der Waals surface area contributed by atoms with Crippen LogP contribution in [0.5, 0.6) is 0 Å². The van der Waals surface area contributed by atoms with Crippen LogP contribution in [-0.2, 0) is 37.4 Å². The van der Waals surface area contributed by atoms with Gasteiger partial charge in [0.25, 0.3) is 5.91 Å². The number of carbonyl (C=O) groups is 2. The van der Waals surface area contributed by atoms with E-state index >= 15 is 0 Å². The van der Waals surface area contributed by atoms with Crippen molar-refractivity contribution in [3.05, 3.63) is 86.7 Å². The molecule has 0 radical (unpaired) electrons. The molecule has 1 aliphatic rings. The summed E-state index contributed by atoms with van der Waals surface area (Å²) in [4.78, 5) is 44.2. The van der Waals surface area contributed by atoms with Gasteiger partial charge in [0.05, 0.1) is 35.7 Å². The van der Waals surface area contributed by atoms with E-state index in [0.717, 1.165) is 34.2 Å². The van der Waals surface area contributed by atoms with Gasteiger partial charge in [0.2, 0.25) is 11.5 Å². The number of alkyl halides is 5. The van der Waals surface area contributed by atoms with Crippen LogP contribution in [0.4, 0.5) is 26.3 Å². The zero-order chi connectivity index (χ0) is 34.4. The minimum Gasteiger partial charge on any atom is -0.348 e. The van der Waals surface area contributed by atoms with Crippen molar-refractivity contribution in [2.45, 2.75) is 57.5 Å². The lowest BCUT2D eigenvalue weighted by atomic mass is 9.96. The van der Waals surface area contributed by atoms with Crippen LogP contribution in [0.2, 0.25) is 5.15 Å². The predicted molar refractivity (Wildman–Crippen MR) is 155 cm³/mol. The highest BCUT2D eigenvalue weighted by molar-refractivity contribution is 6.30. The second kappa shape index (κ2) is 12.5. The van der Waals surface area contributed by atoms with E-state index in [9.17, 15) is 40.7 Å². The number of rotatable bonds is 9. The lowest BCUT2D eigenvalue weighted by Crippen LogP contribution is -2.58. The smallest absolute Gasteiger partial charge is 0.348 e. The molecule has 18 heteroatoms. The van der Waals surface area contributed by atoms with Gasteiger partial charge in [-0.15, -0.1) is 0 Å². The fraction of sp³-hybridized carbons (Fsp3) is 0.379. The zero-order valence-electron chi connectivity index (χ0n) is 25.0. The second-order valence-corrected chi connectivity index (χ2v) is 12.0. The first-order valence-electron chi connectivity index (χ1n) is 14.0. The number of carbonyl (C=O) groups excluding carboxylic acids is 2. The molecule has 250 valence electrons. The highest BCUT2D eigenvalue weighted by atomic mass is 35.5. The van der Waals surface area contributed by atoms with Gasteiger partial charge in [-0.1, -0.05) is 11.6 Å². The third-order valence-corrected chi connectivity index (χ3v) is 7.91. The number of nitrogens with zero attached hydrogens (tertiary/aromatic N) is 7. The lowest BCUT2D eigenvalue weighted by Gasteiger charge is -2.37. The first-order valence-corrected chi connectivity index (χ1v) is 14.4. The summed E-state index contributed by atoms with van der Waals surface area (Å²) in [6.07, 6.45) is -0.859. The largest absolute Gasteiger partial charge is 0.435 e. The van der Waals surface area contributed by atoms with Crippen LogP contribution in [0.1, 0.15) is 47.6 Å². The van der Waals surface area contributed by atoms with Gasteiger partial charge in [0.15, 0.2) is 11.5 Å². The number of halogens is 7. The van der Waals surface area contributed by atoms with Crippen molar-refractivity contribution in [3.63, 3.8) is 0 Å². The first kappa shape index (κ1) is 33.7. The Hall–Kier alpha value is -4.67. The normalized spacial score (nSPS) is 14.4. The highest BCUT2D eigenvalue weighted by Crippen LogP contribution is 2.33. The van der Waals surface area contributed by atoms with Gasteiger partial charge >= 0.3 is 12.7 Å². The Kier molecular flexibility index (Phi) is 8.96. The summed E-state index contributed by atoms with van der Waals surface area (Å²) in [5.74, 6) is -2.65. The molecule has 1 atom stereocenters. The molecule has 0 saturated heterocycles. The molecule has 1 aliphatic heterocycles. The Morgan fingerprint density at radius 2 is 1.85 bits per heavy atom. The molecule has 11 nitrogen and oxygen atoms in total. The maximum absolute atomic E-state index is 14.8. The predicted octanol–water partition coefficient (Wildman–Crippen LogP) is 4.25. The summed E-state index contributed by atoms with van der Waals surface area (Å²) in [5.41, 5.74) is -2.73. The molecule has 0 unspecified atom stereocenters. The number of hydrogen-bond donors (Lipinski definition) is 1. The topological polar surface area (TPSA) is 120 Å². The fourth-order valence-corrected chi connectivity index (χ4v) is 5.62. The van der Waals surface area contributed by atoms with Crippen LogP contribution in [0, 0.1) is 5.82 Å². The first-order chi connectivity index (χ1) is 21.9. The fourth-order valence-electron chi connectivity index (χ4n) is 5.38. The number of nitrogens with one attached hydrogen (secondary N) is 1. The second-order valence-electron chi connectivity index (χ2n) is 11.6. The van der Waals surface area contributed by atoms with E-state index in [2.05, 4.69) is 20.5 Å². The van der Waals surface area contributed by atoms with Gasteiger partial charge in [-0.05, 0) is 38.0 Å². The van der Waals surface area contributed by atoms with E-state index in [1.54, 1.807) is 0 Å². The molecule has 4 aromatic rings. The number of pyridine rings is 2. The van der Waals surface area contributed by atoms with Crippen molar-refractivity contribution in [2.75, 3.05) is 6.54 Å². The summed E-state index contributed by atoms with van der Waals surface area (Å²) in [5, 5.41) is 9.95. The van der Waals surface area contributed by atoms with Crippen LogP contribution in [0.15, 0.2) is 47.8 Å². The molecule has 0 aliphatic carbocycles. The van der Waals surface area contributed by atoms with Gasteiger partial charge in [0.1, 0.15) is 11.2 Å². The molecule has 5 rings (SSSR count). The Balaban J connectivity index is 1.47. The molecule has 0 aromatic carbocycles. The number of hydrogen-bond acceptors (Lipinski definition) is 6. The number of fused-ring (bicyclic) bond motifs is 1. The molecular formula is C29H27ClF6N8O3. The van der Waals surface area contributed by atoms with E-state index in [1.807, 2.05) is 0 Å². The Morgan fingerprint density at radius 3 is 2.49 bits per heavy atom. The maximum atomic E-state index is 14.8. The van der Waals surface area contributed by atoms with E-state index in [1.165, 1.54) is 43.8 Å². The molecule has 0 fully saturated rings. The van der Waals surface area contributed by atoms with Gasteiger partial charge in [-0.3, -0.25) is 19.1 Å². The monoisotopic (exact) mass is 684 g/mol. The van der Waals surface area contributed by atoms with Crippen molar-refractivity contribution in [1.82, 2.24) is 39.3 Å². The summed E-state index contributed by atoms with van der Waals surface area (Å²) >= 11 is 6.09. The quantitative estimate of drug-likeness (QED) is 0.208. The maximum Gasteiger partial charge on any atom is 0.435 e. The van der Waals surface area contributed by atoms with Crippen LogP contribution in [0.25, 0.3) is 11.3 Å². The van der Waals surface area contributed by atoms with E-state index in [-0.39, 0.29) is 64.6 Å². The molecule has 0 bridgehead atoms. The third-order valence-electron chi connectivity index (χ3n) is 7.58. The zero-order valence-corrected chi connectivity index (χ0v) is 25.8. The van der Waals surface area contributed by atoms with Crippen LogP contribution in [-0.4, -0.2) is 64.0 Å². The lowest BCUT2D eigenvalue weighted by molar-refractivity contribution is -0.141. The van der Waals surface area contributed by atoms with E-state index in [0.29, 0.717) is 4.68 Å². The standard InChI is InChI=1S/C29H27ClF6N8O3/c1-28(2,14-44-19(9-21(40-44)29(34,35)36)16-4-5-22(45)41(3)13-16)39-25(46)20(8-15-10-38-43(12-15)27(32)33)42-7-6-17-23(26(42)47)18(31)11-37-24(17)30/h4-5,9-13,20,27H,6-8,14H2,1-3H3,(H,39,46)/t20-/m1/s1. The molecule has 0 saturated carbocycles. The van der Waals surface area contributed by atoms with Crippen molar-refractivity contribution in [2.24, 2.45) is 7.05 Å². The van der Waals surface area contributed by atoms with Crippen LogP contribution in [0.3, 0.4) is 0 Å². The molecule has 4 aromatic heterocycles. The highest BCUT2D eigenvalue weighted by Gasteiger charge is 2.40. The Morgan fingerprint density at radius 1 is 1.13 bits per heavy atom. The summed E-state index contributed by atoms with van der Waals surface area (Å²) < 4.78 is 85.0. The minimum absolute atomic E-state index is 0.00925. The van der Waals surface area contributed by atoms with Crippen molar-refractivity contribution in [3.8, 4) is 11.3 Å². The molecular weight excluding hydrogens is 658 g/mol. The van der Waals surface area contributed by atoms with Gasteiger partial charge < -0.3 is 14.8 Å². The minimum atomic E-state index is -4.81. The van der Waals surface area contributed by atoms with Gasteiger partial charge in [-0.2, -0.15) is 32.1 Å². The summed E-state index contributed by atoms with van der Waals surface area (Å²) in [6.45, 7) is -0.374. The van der Waals surface area contributed by atoms with Crippen molar-refractivity contribution in [1.29, 1.82) is 0 Å². The number of aryl methyl sites for hydroxylation is 1. The van der Waals surface area contributed by atoms with Crippen molar-refractivity contribution >= 4 is 23.4 Å². The summed E-state index contributed by atoms with van der Waals surface area (Å²) in [7, 11) is 1.43. The Bertz CT molecular complexity index is 1900. The third kappa shape index (κ3) is 7.03. The van der Waals surface area contributed by atoms with E-state index < -0.39 is 47.6 Å². The Labute approximate surface area is 267 Å². The molecule has 1 N–H and O–H groups in total. The van der Waals surface area contributed by atoms with Gasteiger partial charge in [-0.25, -0.2) is 14.1 Å². The molecule has 5 heterocycles. The van der Waals surface area contributed by atoms with Crippen LogP contribution >= 0.6 is 11.6 Å². The average Bonchev–Trinajstić information content (AvgIpc) is 3.62. The molecule has 2 amide bonds. The number of aromatic nitrogens is 6. The SMILES string of the molecule is Cn1cc(-c2cc(C(F)(F)F)nn2CC(C)(C)NC(=O)[C@@H](Cc2cnn(C(F)F)c2)N2CCc3c(Cl)ncc(F)c3C2=O)ccc1=O. The van der Waals surface area contributed by atoms with Gasteiger partial charge in [0, 0.05) is 49.6 Å². The van der Waals surface area contributed by atoms with Crippen LogP contribution < -0.4 is 10.9 Å². The number of amides is 2. The van der Waals surface area contributed by atoms with Crippen molar-refractivity contribution < 1.29 is 35.9 Å².